The van der Waals surface area contributed by atoms with Crippen molar-refractivity contribution in [1.82, 2.24) is 0 Å². The van der Waals surface area contributed by atoms with Crippen LogP contribution in [0.15, 0.2) is 6.07 Å². The van der Waals surface area contributed by atoms with Crippen molar-refractivity contribution in [2.45, 2.75) is 6.92 Å². The van der Waals surface area contributed by atoms with E-state index in [0.717, 1.165) is 6.07 Å². The average molecular weight is 229 g/mol. The molecule has 0 fully saturated rings. The molecule has 6 nitrogen and oxygen atoms in total. The monoisotopic (exact) mass is 229 g/mol. The highest BCUT2D eigenvalue weighted by Gasteiger charge is 2.19. The minimum atomic E-state index is -1.28. The Kier molecular flexibility index (Phi) is 3.05. The van der Waals surface area contributed by atoms with Gasteiger partial charge in [0.15, 0.2) is 0 Å². The Morgan fingerprint density at radius 1 is 1.27 bits per heavy atom. The lowest BCUT2D eigenvalue weighted by atomic mass is 10.3. The van der Waals surface area contributed by atoms with E-state index >= 15 is 0 Å². The zero-order valence-corrected chi connectivity index (χ0v) is 8.42. The van der Waals surface area contributed by atoms with Crippen LogP contribution < -0.4 is 5.32 Å². The fourth-order valence-electron chi connectivity index (χ4n) is 0.908. The Labute approximate surface area is 88.2 Å². The largest absolute Gasteiger partial charge is 0.478 e. The van der Waals surface area contributed by atoms with Gasteiger partial charge in [-0.05, 0) is 6.07 Å². The molecule has 0 aliphatic rings. The smallest absolute Gasteiger partial charge is 0.345 e. The Morgan fingerprint density at radius 2 is 1.87 bits per heavy atom. The van der Waals surface area contributed by atoms with Crippen molar-refractivity contribution < 1.29 is 24.6 Å². The molecule has 1 heterocycles. The number of nitrogens with one attached hydrogen (secondary N) is 1. The van der Waals surface area contributed by atoms with Gasteiger partial charge in [-0.15, -0.1) is 11.3 Å². The first-order valence-corrected chi connectivity index (χ1v) is 4.61. The van der Waals surface area contributed by atoms with Crippen molar-refractivity contribution in [1.29, 1.82) is 0 Å². The van der Waals surface area contributed by atoms with Crippen molar-refractivity contribution in [3.05, 3.63) is 16.5 Å². The summed E-state index contributed by atoms with van der Waals surface area (Å²) in [6, 6.07) is 1.01. The van der Waals surface area contributed by atoms with Crippen LogP contribution in [0.3, 0.4) is 0 Å². The lowest BCUT2D eigenvalue weighted by molar-refractivity contribution is -0.114. The van der Waals surface area contributed by atoms with Gasteiger partial charge in [0.1, 0.15) is 9.88 Å². The van der Waals surface area contributed by atoms with Crippen LogP contribution in [-0.4, -0.2) is 28.1 Å². The molecular weight excluding hydrogens is 222 g/mol. The van der Waals surface area contributed by atoms with Gasteiger partial charge in [-0.25, -0.2) is 9.59 Å². The summed E-state index contributed by atoms with van der Waals surface area (Å²) >= 11 is 0.712. The second kappa shape index (κ2) is 4.09. The van der Waals surface area contributed by atoms with Crippen LogP contribution in [0.4, 0.5) is 5.00 Å². The molecule has 0 aromatic carbocycles. The van der Waals surface area contributed by atoms with Crippen LogP contribution in [0.1, 0.15) is 27.0 Å². The number of carboxylic acids is 2. The molecule has 80 valence electrons. The van der Waals surface area contributed by atoms with Crippen LogP contribution >= 0.6 is 11.3 Å². The van der Waals surface area contributed by atoms with Gasteiger partial charge >= 0.3 is 11.9 Å². The normalized spacial score (nSPS) is 9.67. The minimum Gasteiger partial charge on any atom is -0.478 e. The van der Waals surface area contributed by atoms with Crippen molar-refractivity contribution >= 4 is 34.2 Å². The molecule has 1 aromatic heterocycles. The Morgan fingerprint density at radius 3 is 2.27 bits per heavy atom. The summed E-state index contributed by atoms with van der Waals surface area (Å²) in [6.45, 7) is 1.21. The second-order valence-corrected chi connectivity index (χ2v) is 3.70. The second-order valence-electron chi connectivity index (χ2n) is 2.64. The average Bonchev–Trinajstić information content (AvgIpc) is 2.46. The summed E-state index contributed by atoms with van der Waals surface area (Å²) in [5, 5.41) is 19.7. The number of carbonyl (C=O) groups is 3. The molecule has 0 bridgehead atoms. The van der Waals surface area contributed by atoms with E-state index < -0.39 is 17.8 Å². The summed E-state index contributed by atoms with van der Waals surface area (Å²) in [6.07, 6.45) is 0. The first-order valence-electron chi connectivity index (χ1n) is 3.80. The molecule has 3 N–H and O–H groups in total. The van der Waals surface area contributed by atoms with Gasteiger partial charge in [0.2, 0.25) is 5.91 Å². The van der Waals surface area contributed by atoms with E-state index in [2.05, 4.69) is 5.32 Å². The van der Waals surface area contributed by atoms with E-state index in [1.165, 1.54) is 6.92 Å². The van der Waals surface area contributed by atoms with Gasteiger partial charge in [0, 0.05) is 6.92 Å². The predicted octanol–water partition coefficient (Wildman–Crippen LogP) is 1.10. The molecule has 0 unspecified atom stereocenters. The highest BCUT2D eigenvalue weighted by atomic mass is 32.1. The van der Waals surface area contributed by atoms with E-state index in [4.69, 9.17) is 10.2 Å². The summed E-state index contributed by atoms with van der Waals surface area (Å²) < 4.78 is 0. The molecule has 0 radical (unpaired) electrons. The zero-order chi connectivity index (χ0) is 11.6. The summed E-state index contributed by atoms with van der Waals surface area (Å²) in [5.74, 6) is -2.95. The minimum absolute atomic E-state index is 0.0346. The zero-order valence-electron chi connectivity index (χ0n) is 7.60. The summed E-state index contributed by atoms with van der Waals surface area (Å²) in [7, 11) is 0. The SMILES string of the molecule is CC(=O)Nc1sc(C(=O)O)cc1C(=O)O. The van der Waals surface area contributed by atoms with Crippen molar-refractivity contribution in [3.8, 4) is 0 Å². The predicted molar refractivity (Wildman–Crippen MR) is 52.5 cm³/mol. The van der Waals surface area contributed by atoms with E-state index in [-0.39, 0.29) is 15.4 Å². The third-order valence-corrected chi connectivity index (χ3v) is 2.50. The van der Waals surface area contributed by atoms with Crippen LogP contribution in [0.25, 0.3) is 0 Å². The highest BCUT2D eigenvalue weighted by molar-refractivity contribution is 7.18. The molecule has 1 amide bonds. The van der Waals surface area contributed by atoms with E-state index in [1.54, 1.807) is 0 Å². The fraction of sp³-hybridized carbons (Fsp3) is 0.125. The number of amides is 1. The van der Waals surface area contributed by atoms with E-state index in [9.17, 15) is 14.4 Å². The maximum atomic E-state index is 10.7. The van der Waals surface area contributed by atoms with Gasteiger partial charge in [0.05, 0.1) is 5.56 Å². The fourth-order valence-corrected chi connectivity index (χ4v) is 1.84. The van der Waals surface area contributed by atoms with Crippen molar-refractivity contribution in [3.63, 3.8) is 0 Å². The maximum absolute atomic E-state index is 10.7. The molecule has 0 aliphatic carbocycles. The number of hydrogen-bond acceptors (Lipinski definition) is 4. The molecule has 1 rings (SSSR count). The quantitative estimate of drug-likeness (QED) is 0.720. The van der Waals surface area contributed by atoms with Gasteiger partial charge in [-0.3, -0.25) is 4.79 Å². The third kappa shape index (κ3) is 2.53. The van der Waals surface area contributed by atoms with Crippen molar-refractivity contribution in [2.24, 2.45) is 0 Å². The Balaban J connectivity index is 3.17. The van der Waals surface area contributed by atoms with E-state index in [1.807, 2.05) is 0 Å². The molecule has 15 heavy (non-hydrogen) atoms. The molecule has 0 aliphatic heterocycles. The number of aromatic carboxylic acids is 2. The topological polar surface area (TPSA) is 104 Å². The molecular formula is C8H7NO5S. The van der Waals surface area contributed by atoms with Crippen LogP contribution in [0.2, 0.25) is 0 Å². The first kappa shape index (κ1) is 11.2. The first-order chi connectivity index (χ1) is 6.91. The number of carboxylic acid groups (broad SMARTS) is 2. The van der Waals surface area contributed by atoms with Gasteiger partial charge in [-0.1, -0.05) is 0 Å². The number of anilines is 1. The van der Waals surface area contributed by atoms with Gasteiger partial charge in [0.25, 0.3) is 0 Å². The molecule has 0 saturated carbocycles. The Bertz CT molecular complexity index is 436. The number of thiophene rings is 1. The number of hydrogen-bond donors (Lipinski definition) is 3. The number of rotatable bonds is 3. The van der Waals surface area contributed by atoms with Crippen LogP contribution in [0.5, 0.6) is 0 Å². The van der Waals surface area contributed by atoms with Gasteiger partial charge < -0.3 is 15.5 Å². The maximum Gasteiger partial charge on any atom is 0.345 e. The van der Waals surface area contributed by atoms with Crippen LogP contribution in [-0.2, 0) is 4.79 Å². The van der Waals surface area contributed by atoms with E-state index in [0.29, 0.717) is 11.3 Å². The molecule has 7 heteroatoms. The lowest BCUT2D eigenvalue weighted by Crippen LogP contribution is -2.07. The van der Waals surface area contributed by atoms with Crippen molar-refractivity contribution in [2.75, 3.05) is 5.32 Å². The summed E-state index contributed by atoms with van der Waals surface area (Å²) in [4.78, 5) is 31.9. The third-order valence-electron chi connectivity index (χ3n) is 1.46. The molecule has 0 spiro atoms. The Hall–Kier alpha value is -1.89. The summed E-state index contributed by atoms with van der Waals surface area (Å²) in [5.41, 5.74) is -0.215. The molecule has 0 saturated heterocycles. The van der Waals surface area contributed by atoms with Crippen LogP contribution in [0, 0.1) is 0 Å². The highest BCUT2D eigenvalue weighted by Crippen LogP contribution is 2.28. The standard InChI is InChI=1S/C8H7NO5S/c1-3(10)9-6-4(7(11)12)2-5(15-6)8(13)14/h2H,1H3,(H,9,10)(H,11,12)(H,13,14). The lowest BCUT2D eigenvalue weighted by Gasteiger charge is -1.98. The van der Waals surface area contributed by atoms with Gasteiger partial charge in [-0.2, -0.15) is 0 Å². The molecule has 1 aromatic rings. The molecule has 0 atom stereocenters. The number of carbonyl (C=O) groups excluding carboxylic acids is 1.